The van der Waals surface area contributed by atoms with Gasteiger partial charge < -0.3 is 9.32 Å². The van der Waals surface area contributed by atoms with Gasteiger partial charge >= 0.3 is 0 Å². The highest BCUT2D eigenvalue weighted by molar-refractivity contribution is 6.17. The van der Waals surface area contributed by atoms with Gasteiger partial charge in [0.1, 0.15) is 11.2 Å². The average Bonchev–Trinajstić information content (AvgIpc) is 4.02. The molecule has 1 heterocycles. The van der Waals surface area contributed by atoms with Crippen LogP contribution in [0.15, 0.2) is 253 Å². The zero-order chi connectivity index (χ0) is 46.6. The molecule has 0 aliphatic heterocycles. The van der Waals surface area contributed by atoms with Crippen molar-refractivity contribution >= 4 is 49.8 Å². The molecule has 0 spiro atoms. The number of benzene rings is 11. The van der Waals surface area contributed by atoms with Crippen LogP contribution in [0.2, 0.25) is 0 Å². The highest BCUT2D eigenvalue weighted by Crippen LogP contribution is 2.58. The quantitative estimate of drug-likeness (QED) is 0.158. The first-order valence-corrected chi connectivity index (χ1v) is 24.4. The molecule has 14 rings (SSSR count). The van der Waals surface area contributed by atoms with Gasteiger partial charge in [-0.2, -0.15) is 0 Å². The van der Waals surface area contributed by atoms with Crippen molar-refractivity contribution in [2.75, 3.05) is 4.90 Å². The topological polar surface area (TPSA) is 16.4 Å². The van der Waals surface area contributed by atoms with Gasteiger partial charge in [-0.05, 0) is 120 Å². The second-order valence-electron chi connectivity index (χ2n) is 19.6. The Kier molecular flexibility index (Phi) is 8.88. The van der Waals surface area contributed by atoms with Gasteiger partial charge in [0.2, 0.25) is 0 Å². The molecule has 12 aromatic rings. The fourth-order valence-electron chi connectivity index (χ4n) is 12.3. The Morgan fingerprint density at radius 3 is 1.57 bits per heavy atom. The van der Waals surface area contributed by atoms with Crippen LogP contribution in [0, 0.1) is 0 Å². The molecule has 0 unspecified atom stereocenters. The normalized spacial score (nSPS) is 13.8. The maximum absolute atomic E-state index is 6.99. The Hall–Kier alpha value is -8.72. The SMILES string of the molecule is CC1(C)c2ccccc2-c2ccc(N(c3ccc4c(c3)C(c3ccccc3)(c3ccccc3)c3ccccc3-4)c3cc4c(cc3-c3ccc(-c5ccccc5)cc3)oc3c5ccccc5ccc43)cc21. The first-order valence-electron chi connectivity index (χ1n) is 24.4. The van der Waals surface area contributed by atoms with E-state index in [0.29, 0.717) is 0 Å². The number of nitrogens with zero attached hydrogens (tertiary/aromatic N) is 1. The zero-order valence-electron chi connectivity index (χ0n) is 39.0. The van der Waals surface area contributed by atoms with E-state index >= 15 is 0 Å². The van der Waals surface area contributed by atoms with Crippen LogP contribution in [0.25, 0.3) is 77.2 Å². The van der Waals surface area contributed by atoms with E-state index in [2.05, 4.69) is 267 Å². The van der Waals surface area contributed by atoms with Crippen LogP contribution >= 0.6 is 0 Å². The second-order valence-corrected chi connectivity index (χ2v) is 19.6. The smallest absolute Gasteiger partial charge is 0.143 e. The highest BCUT2D eigenvalue weighted by Gasteiger charge is 2.46. The van der Waals surface area contributed by atoms with E-state index in [1.807, 2.05) is 0 Å². The molecule has 70 heavy (non-hydrogen) atoms. The monoisotopic (exact) mass is 893 g/mol. The van der Waals surface area contributed by atoms with Crippen molar-refractivity contribution in [3.05, 3.63) is 282 Å². The van der Waals surface area contributed by atoms with Crippen LogP contribution in [0.3, 0.4) is 0 Å². The molecule has 2 heteroatoms. The number of hydrogen-bond donors (Lipinski definition) is 0. The van der Waals surface area contributed by atoms with E-state index in [0.717, 1.165) is 60.9 Å². The zero-order valence-corrected chi connectivity index (χ0v) is 39.0. The van der Waals surface area contributed by atoms with Gasteiger partial charge in [-0.1, -0.05) is 220 Å². The molecule has 0 amide bonds. The molecule has 330 valence electrons. The lowest BCUT2D eigenvalue weighted by Gasteiger charge is -2.35. The molecule has 0 saturated heterocycles. The summed E-state index contributed by atoms with van der Waals surface area (Å²) in [6.45, 7) is 4.75. The Labute approximate surface area is 408 Å². The van der Waals surface area contributed by atoms with Crippen molar-refractivity contribution in [2.24, 2.45) is 0 Å². The van der Waals surface area contributed by atoms with Gasteiger partial charge in [-0.3, -0.25) is 0 Å². The van der Waals surface area contributed by atoms with Crippen LogP contribution in [0.4, 0.5) is 17.1 Å². The summed E-state index contributed by atoms with van der Waals surface area (Å²) in [5, 5.41) is 4.45. The predicted octanol–water partition coefficient (Wildman–Crippen LogP) is 18.2. The molecule has 0 saturated carbocycles. The van der Waals surface area contributed by atoms with Gasteiger partial charge in [-0.15, -0.1) is 0 Å². The maximum Gasteiger partial charge on any atom is 0.143 e. The van der Waals surface area contributed by atoms with Gasteiger partial charge in [-0.25, -0.2) is 0 Å². The van der Waals surface area contributed by atoms with Crippen molar-refractivity contribution in [3.8, 4) is 44.5 Å². The number of hydrogen-bond acceptors (Lipinski definition) is 2. The van der Waals surface area contributed by atoms with Crippen molar-refractivity contribution in [1.82, 2.24) is 0 Å². The summed E-state index contributed by atoms with van der Waals surface area (Å²) in [6, 6.07) is 92.0. The lowest BCUT2D eigenvalue weighted by Crippen LogP contribution is -2.28. The fraction of sp³-hybridized carbons (Fsp3) is 0.0588. The van der Waals surface area contributed by atoms with Gasteiger partial charge in [0.15, 0.2) is 0 Å². The third-order valence-electron chi connectivity index (χ3n) is 15.5. The number of anilines is 3. The van der Waals surface area contributed by atoms with Crippen molar-refractivity contribution < 1.29 is 4.42 Å². The minimum Gasteiger partial charge on any atom is -0.455 e. The minimum atomic E-state index is -0.570. The van der Waals surface area contributed by atoms with Crippen LogP contribution in [-0.4, -0.2) is 0 Å². The molecule has 11 aromatic carbocycles. The first kappa shape index (κ1) is 40.4. The predicted molar refractivity (Wildman–Crippen MR) is 292 cm³/mol. The highest BCUT2D eigenvalue weighted by atomic mass is 16.3. The summed E-state index contributed by atoms with van der Waals surface area (Å²) in [7, 11) is 0. The maximum atomic E-state index is 6.99. The summed E-state index contributed by atoms with van der Waals surface area (Å²) in [5.41, 5.74) is 21.6. The van der Waals surface area contributed by atoms with Gasteiger partial charge in [0.05, 0.1) is 11.1 Å². The Balaban J connectivity index is 1.08. The van der Waals surface area contributed by atoms with Gasteiger partial charge in [0, 0.05) is 38.5 Å². The lowest BCUT2D eigenvalue weighted by molar-refractivity contribution is 0.660. The van der Waals surface area contributed by atoms with Crippen LogP contribution in [0.5, 0.6) is 0 Å². The van der Waals surface area contributed by atoms with E-state index in [-0.39, 0.29) is 5.41 Å². The van der Waals surface area contributed by atoms with E-state index < -0.39 is 5.41 Å². The summed E-state index contributed by atoms with van der Waals surface area (Å²) in [6.07, 6.45) is 0. The van der Waals surface area contributed by atoms with Crippen LogP contribution < -0.4 is 4.90 Å². The molecule has 0 bridgehead atoms. The van der Waals surface area contributed by atoms with Crippen LogP contribution in [-0.2, 0) is 10.8 Å². The van der Waals surface area contributed by atoms with Crippen LogP contribution in [0.1, 0.15) is 47.2 Å². The fourth-order valence-corrected chi connectivity index (χ4v) is 12.3. The first-order chi connectivity index (χ1) is 34.5. The van der Waals surface area contributed by atoms with Crippen molar-refractivity contribution in [1.29, 1.82) is 0 Å². The van der Waals surface area contributed by atoms with E-state index in [9.17, 15) is 0 Å². The Morgan fingerprint density at radius 2 is 0.871 bits per heavy atom. The summed E-state index contributed by atoms with van der Waals surface area (Å²) < 4.78 is 6.99. The number of fused-ring (bicyclic) bond motifs is 11. The molecular formula is C68H47NO. The molecule has 2 aliphatic rings. The van der Waals surface area contributed by atoms with Gasteiger partial charge in [0.25, 0.3) is 0 Å². The molecule has 0 fully saturated rings. The molecule has 0 N–H and O–H groups in total. The summed E-state index contributed by atoms with van der Waals surface area (Å²) >= 11 is 0. The summed E-state index contributed by atoms with van der Waals surface area (Å²) in [4.78, 5) is 2.53. The van der Waals surface area contributed by atoms with E-state index in [4.69, 9.17) is 4.42 Å². The lowest BCUT2D eigenvalue weighted by atomic mass is 9.67. The third kappa shape index (κ3) is 5.87. The number of rotatable bonds is 7. The average molecular weight is 894 g/mol. The minimum absolute atomic E-state index is 0.204. The van der Waals surface area contributed by atoms with E-state index in [1.165, 1.54) is 66.8 Å². The summed E-state index contributed by atoms with van der Waals surface area (Å²) in [5.74, 6) is 0. The molecule has 0 radical (unpaired) electrons. The second kappa shape index (κ2) is 15.4. The van der Waals surface area contributed by atoms with E-state index in [1.54, 1.807) is 0 Å². The Morgan fingerprint density at radius 1 is 0.343 bits per heavy atom. The largest absolute Gasteiger partial charge is 0.455 e. The number of furan rings is 1. The van der Waals surface area contributed by atoms with Crippen molar-refractivity contribution in [2.45, 2.75) is 24.7 Å². The standard InChI is InChI=1S/C68H47NO/c1-67(2)60-28-16-14-26-53(60)55-38-35-50(40-62(55)67)69(51-36-39-56-54-27-15-17-29-61(54)68(63(56)41-51,48-21-8-4-9-22-48)49-23-10-5-11-24-49)64-42-59-57-37-34-46-20-12-13-25-52(46)66(57)70-65(59)43-58(64)47-32-30-45(31-33-47)44-18-6-3-7-19-44/h3-43H,1-2H3. The van der Waals surface area contributed by atoms with Crippen molar-refractivity contribution in [3.63, 3.8) is 0 Å². The molecule has 0 atom stereocenters. The molecule has 2 aliphatic carbocycles. The molecular weight excluding hydrogens is 847 g/mol. The molecule has 2 nitrogen and oxygen atoms in total. The molecule has 1 aromatic heterocycles. The third-order valence-corrected chi connectivity index (χ3v) is 15.5. The Bertz CT molecular complexity index is 3970.